The summed E-state index contributed by atoms with van der Waals surface area (Å²) >= 11 is 2.23. The molecule has 0 aliphatic heterocycles. The molecule has 0 aliphatic rings. The molecule has 16 heavy (non-hydrogen) atoms. The first-order valence-corrected chi connectivity index (χ1v) is 6.20. The lowest BCUT2D eigenvalue weighted by Crippen LogP contribution is -2.10. The standard InChI is InChI=1S/C11H13IN4/c1-2-10(13)11-4-3-9(6-14-11)16-7-8(12)5-15-16/h3-7,10H,2,13H2,1H3/t10-/m1/s1. The van der Waals surface area contributed by atoms with Crippen LogP contribution in [0.2, 0.25) is 0 Å². The molecular weight excluding hydrogens is 315 g/mol. The number of aromatic nitrogens is 3. The molecule has 0 aliphatic carbocycles. The molecule has 2 heterocycles. The molecule has 0 fully saturated rings. The largest absolute Gasteiger partial charge is 0.323 e. The Balaban J connectivity index is 2.25. The monoisotopic (exact) mass is 328 g/mol. The van der Waals surface area contributed by atoms with E-state index in [1.54, 1.807) is 10.9 Å². The highest BCUT2D eigenvalue weighted by Crippen LogP contribution is 2.13. The van der Waals surface area contributed by atoms with E-state index < -0.39 is 0 Å². The number of nitrogens with zero attached hydrogens (tertiary/aromatic N) is 3. The predicted molar refractivity (Wildman–Crippen MR) is 71.3 cm³/mol. The van der Waals surface area contributed by atoms with E-state index in [9.17, 15) is 0 Å². The second-order valence-corrected chi connectivity index (χ2v) is 4.80. The Bertz CT molecular complexity index is 463. The number of rotatable bonds is 3. The minimum atomic E-state index is 0.0202. The molecule has 84 valence electrons. The van der Waals surface area contributed by atoms with E-state index >= 15 is 0 Å². The molecule has 2 aromatic rings. The van der Waals surface area contributed by atoms with Gasteiger partial charge in [-0.25, -0.2) is 4.68 Å². The quantitative estimate of drug-likeness (QED) is 0.880. The Hall–Kier alpha value is -0.950. The molecule has 0 bridgehead atoms. The van der Waals surface area contributed by atoms with Crippen LogP contribution >= 0.6 is 22.6 Å². The van der Waals surface area contributed by atoms with E-state index in [0.717, 1.165) is 21.4 Å². The number of pyridine rings is 1. The van der Waals surface area contributed by atoms with Crippen molar-refractivity contribution in [3.8, 4) is 5.69 Å². The summed E-state index contributed by atoms with van der Waals surface area (Å²) < 4.78 is 2.91. The lowest BCUT2D eigenvalue weighted by atomic mass is 10.1. The van der Waals surface area contributed by atoms with Crippen LogP contribution in [0.15, 0.2) is 30.7 Å². The highest BCUT2D eigenvalue weighted by atomic mass is 127. The molecule has 2 rings (SSSR count). The first-order chi connectivity index (χ1) is 7.70. The van der Waals surface area contributed by atoms with Crippen LogP contribution in [-0.4, -0.2) is 14.8 Å². The van der Waals surface area contributed by atoms with Gasteiger partial charge in [0, 0.05) is 12.2 Å². The zero-order chi connectivity index (χ0) is 11.5. The summed E-state index contributed by atoms with van der Waals surface area (Å²) in [6.45, 7) is 2.05. The molecule has 0 unspecified atom stereocenters. The lowest BCUT2D eigenvalue weighted by molar-refractivity contribution is 0.674. The second-order valence-electron chi connectivity index (χ2n) is 3.56. The maximum Gasteiger partial charge on any atom is 0.0829 e. The van der Waals surface area contributed by atoms with E-state index in [1.807, 2.05) is 24.5 Å². The van der Waals surface area contributed by atoms with Gasteiger partial charge in [-0.2, -0.15) is 5.10 Å². The van der Waals surface area contributed by atoms with Crippen molar-refractivity contribution in [2.24, 2.45) is 5.73 Å². The average molecular weight is 328 g/mol. The highest BCUT2D eigenvalue weighted by molar-refractivity contribution is 14.1. The van der Waals surface area contributed by atoms with Gasteiger partial charge in [-0.3, -0.25) is 4.98 Å². The zero-order valence-corrected chi connectivity index (χ0v) is 11.1. The van der Waals surface area contributed by atoms with Crippen molar-refractivity contribution < 1.29 is 0 Å². The molecule has 0 spiro atoms. The summed E-state index contributed by atoms with van der Waals surface area (Å²) in [6, 6.07) is 3.96. The van der Waals surface area contributed by atoms with Crippen molar-refractivity contribution in [1.29, 1.82) is 0 Å². The third kappa shape index (κ3) is 2.41. The highest BCUT2D eigenvalue weighted by Gasteiger charge is 2.05. The number of hydrogen-bond acceptors (Lipinski definition) is 3. The Morgan fingerprint density at radius 3 is 2.75 bits per heavy atom. The fraction of sp³-hybridized carbons (Fsp3) is 0.273. The van der Waals surface area contributed by atoms with Gasteiger partial charge >= 0.3 is 0 Å². The predicted octanol–water partition coefficient (Wildman–Crippen LogP) is 2.28. The zero-order valence-electron chi connectivity index (χ0n) is 8.97. The fourth-order valence-electron chi connectivity index (χ4n) is 1.40. The van der Waals surface area contributed by atoms with Gasteiger partial charge in [0.05, 0.1) is 27.3 Å². The van der Waals surface area contributed by atoms with Gasteiger partial charge in [0.1, 0.15) is 0 Å². The Labute approximate surface area is 108 Å². The Morgan fingerprint density at radius 2 is 2.25 bits per heavy atom. The van der Waals surface area contributed by atoms with Gasteiger partial charge in [0.25, 0.3) is 0 Å². The van der Waals surface area contributed by atoms with Gasteiger partial charge in [-0.05, 0) is 41.1 Å². The molecule has 0 saturated carbocycles. The van der Waals surface area contributed by atoms with Crippen molar-refractivity contribution in [1.82, 2.24) is 14.8 Å². The minimum Gasteiger partial charge on any atom is -0.323 e. The normalized spacial score (nSPS) is 12.7. The van der Waals surface area contributed by atoms with Crippen LogP contribution in [0.1, 0.15) is 25.1 Å². The summed E-state index contributed by atoms with van der Waals surface area (Å²) in [5.74, 6) is 0. The summed E-state index contributed by atoms with van der Waals surface area (Å²) in [7, 11) is 0. The maximum absolute atomic E-state index is 5.90. The van der Waals surface area contributed by atoms with Crippen molar-refractivity contribution in [2.75, 3.05) is 0 Å². The Kier molecular flexibility index (Phi) is 3.55. The van der Waals surface area contributed by atoms with Crippen LogP contribution in [0.5, 0.6) is 0 Å². The molecule has 0 saturated heterocycles. The van der Waals surface area contributed by atoms with E-state index in [1.165, 1.54) is 0 Å². The smallest absolute Gasteiger partial charge is 0.0829 e. The molecule has 2 N–H and O–H groups in total. The topological polar surface area (TPSA) is 56.7 Å². The van der Waals surface area contributed by atoms with E-state index in [0.29, 0.717) is 0 Å². The number of halogens is 1. The van der Waals surface area contributed by atoms with Crippen molar-refractivity contribution in [2.45, 2.75) is 19.4 Å². The van der Waals surface area contributed by atoms with Crippen LogP contribution in [0, 0.1) is 3.57 Å². The Morgan fingerprint density at radius 1 is 1.44 bits per heavy atom. The molecule has 0 aromatic carbocycles. The number of hydrogen-bond donors (Lipinski definition) is 1. The third-order valence-electron chi connectivity index (χ3n) is 2.41. The van der Waals surface area contributed by atoms with Crippen molar-refractivity contribution >= 4 is 22.6 Å². The molecular formula is C11H13IN4. The molecule has 2 aromatic heterocycles. The van der Waals surface area contributed by atoms with Crippen LogP contribution in [0.3, 0.4) is 0 Å². The molecule has 0 amide bonds. The van der Waals surface area contributed by atoms with Gasteiger partial charge in [0.2, 0.25) is 0 Å². The summed E-state index contributed by atoms with van der Waals surface area (Å²) in [4.78, 5) is 4.35. The molecule has 4 nitrogen and oxygen atoms in total. The molecule has 0 radical (unpaired) electrons. The second kappa shape index (κ2) is 4.92. The van der Waals surface area contributed by atoms with Gasteiger partial charge < -0.3 is 5.73 Å². The summed E-state index contributed by atoms with van der Waals surface area (Å²) in [5, 5.41) is 4.22. The summed E-state index contributed by atoms with van der Waals surface area (Å²) in [6.07, 6.45) is 6.46. The third-order valence-corrected chi connectivity index (χ3v) is 2.96. The first kappa shape index (κ1) is 11.5. The van der Waals surface area contributed by atoms with Gasteiger partial charge in [0.15, 0.2) is 0 Å². The van der Waals surface area contributed by atoms with Crippen molar-refractivity contribution in [3.63, 3.8) is 0 Å². The van der Waals surface area contributed by atoms with Crippen LogP contribution in [-0.2, 0) is 0 Å². The first-order valence-electron chi connectivity index (χ1n) is 5.12. The number of nitrogens with two attached hydrogens (primary N) is 1. The van der Waals surface area contributed by atoms with Gasteiger partial charge in [-0.1, -0.05) is 6.92 Å². The van der Waals surface area contributed by atoms with E-state index in [-0.39, 0.29) is 6.04 Å². The van der Waals surface area contributed by atoms with Crippen LogP contribution in [0.4, 0.5) is 0 Å². The summed E-state index contributed by atoms with van der Waals surface area (Å²) in [5.41, 5.74) is 7.78. The lowest BCUT2D eigenvalue weighted by Gasteiger charge is -2.08. The van der Waals surface area contributed by atoms with Crippen LogP contribution in [0.25, 0.3) is 5.69 Å². The maximum atomic E-state index is 5.90. The average Bonchev–Trinajstić information content (AvgIpc) is 2.75. The van der Waals surface area contributed by atoms with Crippen molar-refractivity contribution in [3.05, 3.63) is 40.0 Å². The SMILES string of the molecule is CC[C@@H](N)c1ccc(-n2cc(I)cn2)cn1. The van der Waals surface area contributed by atoms with Gasteiger partial charge in [-0.15, -0.1) is 0 Å². The molecule has 1 atom stereocenters. The fourth-order valence-corrected chi connectivity index (χ4v) is 1.79. The van der Waals surface area contributed by atoms with Crippen LogP contribution < -0.4 is 5.73 Å². The van der Waals surface area contributed by atoms with E-state index in [4.69, 9.17) is 5.73 Å². The minimum absolute atomic E-state index is 0.0202. The van der Waals surface area contributed by atoms with E-state index in [2.05, 4.69) is 39.6 Å². The molecule has 5 heteroatoms.